The van der Waals surface area contributed by atoms with Crippen LogP contribution in [0.1, 0.15) is 59.8 Å². The summed E-state index contributed by atoms with van der Waals surface area (Å²) in [6.07, 6.45) is 6.16. The summed E-state index contributed by atoms with van der Waals surface area (Å²) in [5.41, 5.74) is 5.55. The van der Waals surface area contributed by atoms with Gasteiger partial charge in [0.25, 0.3) is 0 Å². The third-order valence-electron chi connectivity index (χ3n) is 8.32. The number of hydrogen-bond acceptors (Lipinski definition) is 3. The van der Waals surface area contributed by atoms with E-state index in [2.05, 4.69) is 35.2 Å². The molecule has 2 saturated heterocycles. The molecule has 32 heavy (non-hydrogen) atoms. The van der Waals surface area contributed by atoms with E-state index < -0.39 is 10.0 Å². The fourth-order valence-corrected chi connectivity index (χ4v) is 8.27. The number of hydrogen-bond donors (Lipinski definition) is 0. The van der Waals surface area contributed by atoms with Gasteiger partial charge in [-0.05, 0) is 79.6 Å². The molecular formula is C26H31ClN2O2S. The summed E-state index contributed by atoms with van der Waals surface area (Å²) in [5, 5.41) is 0.681. The van der Waals surface area contributed by atoms with Gasteiger partial charge in [-0.1, -0.05) is 48.4 Å². The van der Waals surface area contributed by atoms with Gasteiger partial charge in [0.15, 0.2) is 0 Å². The number of nitrogens with zero attached hydrogens (tertiary/aromatic N) is 2. The van der Waals surface area contributed by atoms with Gasteiger partial charge in [-0.25, -0.2) is 12.7 Å². The third-order valence-corrected chi connectivity index (χ3v) is 10.9. The topological polar surface area (TPSA) is 40.6 Å². The number of fused-ring (bicyclic) bond motifs is 1. The van der Waals surface area contributed by atoms with E-state index in [1.807, 2.05) is 12.1 Å². The lowest BCUT2D eigenvalue weighted by molar-refractivity contribution is 0.106. The molecule has 6 heteroatoms. The van der Waals surface area contributed by atoms with Crippen molar-refractivity contribution in [2.24, 2.45) is 0 Å². The van der Waals surface area contributed by atoms with Crippen LogP contribution in [0.25, 0.3) is 0 Å². The number of rotatable bonds is 6. The van der Waals surface area contributed by atoms with Crippen molar-refractivity contribution in [1.29, 1.82) is 0 Å². The van der Waals surface area contributed by atoms with Crippen LogP contribution in [0.2, 0.25) is 5.02 Å². The SMILES string of the molecule is O=S(=O)(C1CCC1)N1CC(c2ccc3c(c2)C(Cc2cccc(Cl)c2)C(N2CCC2)C3)C1. The van der Waals surface area contributed by atoms with Crippen molar-refractivity contribution in [1.82, 2.24) is 9.21 Å². The van der Waals surface area contributed by atoms with Crippen LogP contribution in [0, 0.1) is 0 Å². The second kappa shape index (κ2) is 8.12. The van der Waals surface area contributed by atoms with E-state index in [1.165, 1.54) is 41.8 Å². The number of halogens is 1. The molecule has 0 radical (unpaired) electrons. The van der Waals surface area contributed by atoms with Gasteiger partial charge in [0.05, 0.1) is 5.25 Å². The molecule has 2 aromatic rings. The molecule has 2 heterocycles. The van der Waals surface area contributed by atoms with Crippen LogP contribution in [0.4, 0.5) is 0 Å². The summed E-state index contributed by atoms with van der Waals surface area (Å²) in [6, 6.07) is 15.8. The van der Waals surface area contributed by atoms with Crippen molar-refractivity contribution in [3.05, 3.63) is 69.7 Å². The van der Waals surface area contributed by atoms with Gasteiger partial charge >= 0.3 is 0 Å². The molecule has 0 N–H and O–H groups in total. The van der Waals surface area contributed by atoms with E-state index in [4.69, 9.17) is 11.6 Å². The van der Waals surface area contributed by atoms with Gasteiger partial charge < -0.3 is 0 Å². The Kier molecular flexibility index (Phi) is 5.37. The largest absolute Gasteiger partial charge is 0.299 e. The molecule has 0 spiro atoms. The minimum atomic E-state index is -3.08. The van der Waals surface area contributed by atoms with Crippen molar-refractivity contribution in [2.45, 2.75) is 61.7 Å². The first-order valence-corrected chi connectivity index (χ1v) is 14.0. The molecule has 170 valence electrons. The summed E-state index contributed by atoms with van der Waals surface area (Å²) in [4.78, 5) is 2.64. The van der Waals surface area contributed by atoms with Gasteiger partial charge in [0.1, 0.15) is 0 Å². The molecule has 4 nitrogen and oxygen atoms in total. The van der Waals surface area contributed by atoms with Crippen molar-refractivity contribution in [2.75, 3.05) is 26.2 Å². The third kappa shape index (κ3) is 3.62. The molecule has 2 aromatic carbocycles. The van der Waals surface area contributed by atoms with E-state index in [9.17, 15) is 8.42 Å². The second-order valence-corrected chi connectivity index (χ2v) is 12.8. The Morgan fingerprint density at radius 2 is 1.81 bits per heavy atom. The standard InChI is InChI=1S/C26H31ClN2O2S/c27-22-5-1-4-18(12-22)13-25-24-14-19(8-9-20(24)15-26(25)28-10-3-11-28)21-16-29(17-21)32(30,31)23-6-2-7-23/h1,4-5,8-9,12,14,21,23,25-26H,2-3,6-7,10-11,13,15-17H2. The van der Waals surface area contributed by atoms with Crippen LogP contribution < -0.4 is 0 Å². The zero-order valence-electron chi connectivity index (χ0n) is 18.4. The number of benzene rings is 2. The maximum atomic E-state index is 12.7. The first-order chi connectivity index (χ1) is 15.5. The highest BCUT2D eigenvalue weighted by Gasteiger charge is 2.44. The molecule has 0 amide bonds. The van der Waals surface area contributed by atoms with E-state index in [-0.39, 0.29) is 5.25 Å². The van der Waals surface area contributed by atoms with Crippen LogP contribution in [-0.4, -0.2) is 55.1 Å². The zero-order valence-corrected chi connectivity index (χ0v) is 20.0. The van der Waals surface area contributed by atoms with Crippen LogP contribution in [-0.2, 0) is 22.9 Å². The lowest BCUT2D eigenvalue weighted by Crippen LogP contribution is -2.52. The molecule has 0 bridgehead atoms. The highest BCUT2D eigenvalue weighted by Crippen LogP contribution is 2.43. The fraction of sp³-hybridized carbons (Fsp3) is 0.538. The molecule has 3 fully saturated rings. The van der Waals surface area contributed by atoms with E-state index >= 15 is 0 Å². The first-order valence-electron chi connectivity index (χ1n) is 12.1. The molecule has 0 aromatic heterocycles. The van der Waals surface area contributed by atoms with Crippen LogP contribution in [0.3, 0.4) is 0 Å². The quantitative estimate of drug-likeness (QED) is 0.620. The second-order valence-electron chi connectivity index (χ2n) is 10.2. The zero-order chi connectivity index (χ0) is 21.9. The van der Waals surface area contributed by atoms with E-state index in [0.29, 0.717) is 31.0 Å². The Balaban J connectivity index is 1.23. The summed E-state index contributed by atoms with van der Waals surface area (Å²) in [6.45, 7) is 3.70. The predicted molar refractivity (Wildman–Crippen MR) is 129 cm³/mol. The van der Waals surface area contributed by atoms with Crippen LogP contribution in [0.15, 0.2) is 42.5 Å². The van der Waals surface area contributed by atoms with Gasteiger partial charge in [-0.2, -0.15) is 0 Å². The van der Waals surface area contributed by atoms with Gasteiger partial charge in [0.2, 0.25) is 10.0 Å². The summed E-state index contributed by atoms with van der Waals surface area (Å²) < 4.78 is 27.1. The molecule has 6 rings (SSSR count). The maximum absolute atomic E-state index is 12.7. The predicted octanol–water partition coefficient (Wildman–Crippen LogP) is 4.58. The Bertz CT molecular complexity index is 1120. The summed E-state index contributed by atoms with van der Waals surface area (Å²) in [7, 11) is -3.08. The highest BCUT2D eigenvalue weighted by atomic mass is 35.5. The number of sulfonamides is 1. The summed E-state index contributed by atoms with van der Waals surface area (Å²) >= 11 is 6.28. The van der Waals surface area contributed by atoms with Crippen molar-refractivity contribution in [3.8, 4) is 0 Å². The molecule has 2 atom stereocenters. The molecular weight excluding hydrogens is 440 g/mol. The lowest BCUT2D eigenvalue weighted by Gasteiger charge is -2.42. The highest BCUT2D eigenvalue weighted by molar-refractivity contribution is 7.89. The molecule has 2 unspecified atom stereocenters. The Labute approximate surface area is 196 Å². The average molecular weight is 471 g/mol. The molecule has 1 saturated carbocycles. The minimum absolute atomic E-state index is 0.122. The molecule has 4 aliphatic rings. The van der Waals surface area contributed by atoms with Gasteiger partial charge in [-0.15, -0.1) is 0 Å². The Morgan fingerprint density at radius 1 is 1.00 bits per heavy atom. The minimum Gasteiger partial charge on any atom is -0.299 e. The van der Waals surface area contributed by atoms with Crippen molar-refractivity contribution in [3.63, 3.8) is 0 Å². The Morgan fingerprint density at radius 3 is 2.47 bits per heavy atom. The first kappa shape index (κ1) is 21.2. The van der Waals surface area contributed by atoms with Gasteiger partial charge in [0, 0.05) is 36.0 Å². The van der Waals surface area contributed by atoms with Gasteiger partial charge in [-0.3, -0.25) is 4.90 Å². The monoisotopic (exact) mass is 470 g/mol. The maximum Gasteiger partial charge on any atom is 0.217 e. The molecule has 2 aliphatic carbocycles. The van der Waals surface area contributed by atoms with E-state index in [1.54, 1.807) is 4.31 Å². The average Bonchev–Trinajstić information content (AvgIpc) is 2.94. The van der Waals surface area contributed by atoms with Crippen molar-refractivity contribution < 1.29 is 8.42 Å². The Hall–Kier alpha value is -1.40. The van der Waals surface area contributed by atoms with Crippen LogP contribution in [0.5, 0.6) is 0 Å². The fourth-order valence-electron chi connectivity index (χ4n) is 5.93. The normalized spacial score (nSPS) is 26.9. The summed E-state index contributed by atoms with van der Waals surface area (Å²) in [5.74, 6) is 0.795. The lowest BCUT2D eigenvalue weighted by atomic mass is 9.86. The smallest absolute Gasteiger partial charge is 0.217 e. The van der Waals surface area contributed by atoms with Crippen LogP contribution >= 0.6 is 11.6 Å². The molecule has 2 aliphatic heterocycles. The number of likely N-dealkylation sites (tertiary alicyclic amines) is 1. The van der Waals surface area contributed by atoms with E-state index in [0.717, 1.165) is 37.1 Å². The van der Waals surface area contributed by atoms with Crippen molar-refractivity contribution >= 4 is 21.6 Å².